The molecule has 0 saturated carbocycles. The summed E-state index contributed by atoms with van der Waals surface area (Å²) in [6, 6.07) is 8.90. The zero-order valence-electron chi connectivity index (χ0n) is 10.4. The molecule has 0 aliphatic carbocycles. The van der Waals surface area contributed by atoms with Gasteiger partial charge in [0.05, 0.1) is 10.8 Å². The van der Waals surface area contributed by atoms with Gasteiger partial charge >= 0.3 is 0 Å². The first-order valence-electron chi connectivity index (χ1n) is 5.69. The molecule has 0 aliphatic heterocycles. The molecule has 0 radical (unpaired) electrons. The molecule has 1 aromatic heterocycles. The number of nitrogens with zero attached hydrogens (tertiary/aromatic N) is 1. The van der Waals surface area contributed by atoms with Crippen LogP contribution in [0.3, 0.4) is 0 Å². The number of nitrogens with two attached hydrogens (primary N) is 1. The number of pyridine rings is 1. The molecular weight excluding hydrogens is 248 g/mol. The Morgan fingerprint density at radius 1 is 1.28 bits per heavy atom. The molecule has 4 nitrogen and oxygen atoms in total. The van der Waals surface area contributed by atoms with Gasteiger partial charge in [-0.3, -0.25) is 4.98 Å². The van der Waals surface area contributed by atoms with Gasteiger partial charge in [-0.05, 0) is 24.6 Å². The lowest BCUT2D eigenvalue weighted by atomic mass is 10.0. The summed E-state index contributed by atoms with van der Waals surface area (Å²) in [5.74, 6) is 0. The average molecular weight is 264 g/mol. The summed E-state index contributed by atoms with van der Waals surface area (Å²) in [7, 11) is -3.15. The van der Waals surface area contributed by atoms with Crippen LogP contribution in [-0.4, -0.2) is 24.9 Å². The lowest BCUT2D eigenvalue weighted by molar-refractivity contribution is 0.571. The van der Waals surface area contributed by atoms with E-state index in [4.69, 9.17) is 5.73 Å². The Bertz CT molecular complexity index is 668. The van der Waals surface area contributed by atoms with E-state index < -0.39 is 21.1 Å². The topological polar surface area (TPSA) is 73.0 Å². The van der Waals surface area contributed by atoms with Crippen LogP contribution >= 0.6 is 0 Å². The summed E-state index contributed by atoms with van der Waals surface area (Å²) in [5.41, 5.74) is 7.62. The third kappa shape index (κ3) is 2.52. The minimum atomic E-state index is -3.15. The van der Waals surface area contributed by atoms with Gasteiger partial charge in [0.2, 0.25) is 0 Å². The molecule has 18 heavy (non-hydrogen) atoms. The minimum Gasteiger partial charge on any atom is -0.323 e. The molecule has 1 aromatic carbocycles. The summed E-state index contributed by atoms with van der Waals surface area (Å²) < 4.78 is 23.0. The maximum Gasteiger partial charge on any atom is 0.151 e. The normalized spacial score (nSPS) is 15.5. The first-order valence-corrected chi connectivity index (χ1v) is 7.64. The van der Waals surface area contributed by atoms with Gasteiger partial charge in [0.25, 0.3) is 0 Å². The first kappa shape index (κ1) is 13.0. The predicted octanol–water partition coefficient (Wildman–Crippen LogP) is 1.67. The molecule has 0 saturated heterocycles. The van der Waals surface area contributed by atoms with E-state index in [1.165, 1.54) is 6.26 Å². The van der Waals surface area contributed by atoms with E-state index in [1.54, 1.807) is 13.1 Å². The number of sulfone groups is 1. The zero-order chi connectivity index (χ0) is 13.3. The van der Waals surface area contributed by atoms with E-state index in [1.807, 2.05) is 30.3 Å². The fourth-order valence-corrected chi connectivity index (χ4v) is 2.52. The summed E-state index contributed by atoms with van der Waals surface area (Å²) >= 11 is 0. The lowest BCUT2D eigenvalue weighted by Crippen LogP contribution is -2.30. The number of hydrogen-bond donors (Lipinski definition) is 1. The molecule has 2 atom stereocenters. The van der Waals surface area contributed by atoms with Crippen LogP contribution in [0, 0.1) is 0 Å². The molecule has 0 bridgehead atoms. The maximum atomic E-state index is 11.5. The summed E-state index contributed by atoms with van der Waals surface area (Å²) in [6.07, 6.45) is 2.91. The third-order valence-electron chi connectivity index (χ3n) is 3.20. The van der Waals surface area contributed by atoms with Gasteiger partial charge in [-0.15, -0.1) is 0 Å². The fraction of sp³-hybridized carbons (Fsp3) is 0.308. The average Bonchev–Trinajstić information content (AvgIpc) is 2.35. The number of rotatable bonds is 3. The quantitative estimate of drug-likeness (QED) is 0.915. The summed E-state index contributed by atoms with van der Waals surface area (Å²) in [5, 5.41) is 0.402. The Kier molecular flexibility index (Phi) is 3.36. The van der Waals surface area contributed by atoms with Crippen LogP contribution in [-0.2, 0) is 9.84 Å². The van der Waals surface area contributed by atoms with Crippen LogP contribution < -0.4 is 5.73 Å². The molecule has 2 rings (SSSR count). The predicted molar refractivity (Wildman–Crippen MR) is 73.0 cm³/mol. The van der Waals surface area contributed by atoms with Crippen LogP contribution in [0.2, 0.25) is 0 Å². The molecule has 0 aliphatic rings. The smallest absolute Gasteiger partial charge is 0.151 e. The largest absolute Gasteiger partial charge is 0.323 e. The lowest BCUT2D eigenvalue weighted by Gasteiger charge is -2.18. The second-order valence-electron chi connectivity index (χ2n) is 4.52. The second kappa shape index (κ2) is 4.66. The van der Waals surface area contributed by atoms with Gasteiger partial charge in [-0.25, -0.2) is 8.42 Å². The minimum absolute atomic E-state index is 0.536. The van der Waals surface area contributed by atoms with Crippen molar-refractivity contribution in [2.45, 2.75) is 18.2 Å². The number of aromatic nitrogens is 1. The van der Waals surface area contributed by atoms with E-state index >= 15 is 0 Å². The molecule has 1 heterocycles. The highest BCUT2D eigenvalue weighted by Crippen LogP contribution is 2.22. The van der Waals surface area contributed by atoms with E-state index in [0.29, 0.717) is 0 Å². The van der Waals surface area contributed by atoms with Gasteiger partial charge in [0.15, 0.2) is 9.84 Å². The Morgan fingerprint density at radius 2 is 2.00 bits per heavy atom. The van der Waals surface area contributed by atoms with Crippen LogP contribution in [0.5, 0.6) is 0 Å². The molecule has 2 N–H and O–H groups in total. The van der Waals surface area contributed by atoms with Crippen molar-refractivity contribution in [2.75, 3.05) is 6.26 Å². The Morgan fingerprint density at radius 3 is 2.67 bits per heavy atom. The molecule has 0 amide bonds. The molecular formula is C13H16N2O2S. The van der Waals surface area contributed by atoms with Crippen molar-refractivity contribution < 1.29 is 8.42 Å². The standard InChI is InChI=1S/C13H16N2O2S/c1-9(18(2,16)17)13(14)11-6-5-10-4-3-7-15-12(10)8-11/h3-9,13H,14H2,1-2H3. The van der Waals surface area contributed by atoms with Crippen molar-refractivity contribution >= 4 is 20.7 Å². The number of benzene rings is 1. The Balaban J connectivity index is 2.42. The molecule has 2 unspecified atom stereocenters. The van der Waals surface area contributed by atoms with Crippen LogP contribution in [0.15, 0.2) is 36.5 Å². The van der Waals surface area contributed by atoms with Crippen molar-refractivity contribution in [3.05, 3.63) is 42.1 Å². The Hall–Kier alpha value is -1.46. The second-order valence-corrected chi connectivity index (χ2v) is 6.92. The molecule has 5 heteroatoms. The van der Waals surface area contributed by atoms with Crippen molar-refractivity contribution in [1.29, 1.82) is 0 Å². The van der Waals surface area contributed by atoms with Gasteiger partial charge in [0, 0.05) is 23.9 Å². The van der Waals surface area contributed by atoms with E-state index in [0.717, 1.165) is 16.5 Å². The van der Waals surface area contributed by atoms with Crippen molar-refractivity contribution in [3.63, 3.8) is 0 Å². The third-order valence-corrected chi connectivity index (χ3v) is 4.84. The first-order chi connectivity index (χ1) is 8.39. The highest BCUT2D eigenvalue weighted by atomic mass is 32.2. The monoisotopic (exact) mass is 264 g/mol. The molecule has 0 fully saturated rings. The molecule has 96 valence electrons. The molecule has 2 aromatic rings. The van der Waals surface area contributed by atoms with Crippen LogP contribution in [0.4, 0.5) is 0 Å². The highest BCUT2D eigenvalue weighted by molar-refractivity contribution is 7.91. The van der Waals surface area contributed by atoms with Gasteiger partial charge in [0.1, 0.15) is 0 Å². The summed E-state index contributed by atoms with van der Waals surface area (Å²) in [4.78, 5) is 4.24. The fourth-order valence-electron chi connectivity index (χ4n) is 1.83. The van der Waals surface area contributed by atoms with Gasteiger partial charge in [-0.1, -0.05) is 18.2 Å². The Labute approximate surface area is 107 Å². The van der Waals surface area contributed by atoms with Crippen molar-refractivity contribution in [3.8, 4) is 0 Å². The van der Waals surface area contributed by atoms with Crippen LogP contribution in [0.1, 0.15) is 18.5 Å². The van der Waals surface area contributed by atoms with Crippen LogP contribution in [0.25, 0.3) is 10.9 Å². The maximum absolute atomic E-state index is 11.5. The van der Waals surface area contributed by atoms with Gasteiger partial charge in [-0.2, -0.15) is 0 Å². The van der Waals surface area contributed by atoms with E-state index in [2.05, 4.69) is 4.98 Å². The SMILES string of the molecule is CC(C(N)c1ccc2cccnc2c1)S(C)(=O)=O. The zero-order valence-corrected chi connectivity index (χ0v) is 11.2. The van der Waals surface area contributed by atoms with Crippen molar-refractivity contribution in [2.24, 2.45) is 5.73 Å². The van der Waals surface area contributed by atoms with Crippen molar-refractivity contribution in [1.82, 2.24) is 4.98 Å². The number of hydrogen-bond acceptors (Lipinski definition) is 4. The molecule has 0 spiro atoms. The highest BCUT2D eigenvalue weighted by Gasteiger charge is 2.24. The van der Waals surface area contributed by atoms with Gasteiger partial charge < -0.3 is 5.73 Å². The van der Waals surface area contributed by atoms with E-state index in [9.17, 15) is 8.42 Å². The number of fused-ring (bicyclic) bond motifs is 1. The van der Waals surface area contributed by atoms with E-state index in [-0.39, 0.29) is 0 Å². The summed E-state index contributed by atoms with van der Waals surface area (Å²) in [6.45, 7) is 1.63.